The molecule has 3 heterocycles. The molecule has 1 aliphatic rings. The van der Waals surface area contributed by atoms with Crippen molar-refractivity contribution >= 4 is 23.3 Å². The first kappa shape index (κ1) is 21.5. The number of ether oxygens (including phenoxy) is 1. The number of nitrogens with zero attached hydrogens (tertiary/aromatic N) is 4. The number of halogens is 1. The molecule has 6 nitrogen and oxygen atoms in total. The first-order valence-electron chi connectivity index (χ1n) is 10.9. The summed E-state index contributed by atoms with van der Waals surface area (Å²) in [4.78, 5) is 19.0. The molecule has 2 aromatic carbocycles. The minimum Gasteiger partial charge on any atom is -0.444 e. The second-order valence-electron chi connectivity index (χ2n) is 9.36. The maximum Gasteiger partial charge on any atom is 0.410 e. The van der Waals surface area contributed by atoms with Crippen LogP contribution in [-0.2, 0) is 11.3 Å². The van der Waals surface area contributed by atoms with E-state index in [0.29, 0.717) is 18.1 Å². The zero-order valence-electron chi connectivity index (χ0n) is 18.8. The lowest BCUT2D eigenvalue weighted by atomic mass is 9.83. The van der Waals surface area contributed by atoms with Gasteiger partial charge in [0.2, 0.25) is 0 Å². The minimum absolute atomic E-state index is 0.0328. The summed E-state index contributed by atoms with van der Waals surface area (Å²) in [5, 5.41) is 4.94. The van der Waals surface area contributed by atoms with Crippen LogP contribution in [0, 0.1) is 0 Å². The summed E-state index contributed by atoms with van der Waals surface area (Å²) in [5.41, 5.74) is 5.77. The lowest BCUT2D eigenvalue weighted by molar-refractivity contribution is 0.0213. The van der Waals surface area contributed by atoms with Crippen molar-refractivity contribution in [1.29, 1.82) is 0 Å². The van der Waals surface area contributed by atoms with Crippen molar-refractivity contribution in [2.45, 2.75) is 38.8 Å². The highest BCUT2D eigenvalue weighted by Crippen LogP contribution is 2.37. The van der Waals surface area contributed by atoms with Gasteiger partial charge in [-0.3, -0.25) is 0 Å². The Hall–Kier alpha value is -3.38. The first-order valence-corrected chi connectivity index (χ1v) is 11.3. The summed E-state index contributed by atoms with van der Waals surface area (Å²) in [6, 6.07) is 18.3. The Morgan fingerprint density at radius 1 is 1.06 bits per heavy atom. The van der Waals surface area contributed by atoms with E-state index in [0.717, 1.165) is 27.9 Å². The molecule has 0 bridgehead atoms. The molecule has 0 aliphatic carbocycles. The Labute approximate surface area is 197 Å². The van der Waals surface area contributed by atoms with Gasteiger partial charge >= 0.3 is 6.09 Å². The monoisotopic (exact) mass is 460 g/mol. The molecule has 1 unspecified atom stereocenters. The third-order valence-corrected chi connectivity index (χ3v) is 6.07. The Balaban J connectivity index is 1.55. The maximum absolute atomic E-state index is 13.0. The molecule has 4 aromatic rings. The van der Waals surface area contributed by atoms with Crippen LogP contribution in [0.5, 0.6) is 0 Å². The van der Waals surface area contributed by atoms with Crippen molar-refractivity contribution < 1.29 is 9.53 Å². The summed E-state index contributed by atoms with van der Waals surface area (Å²) in [6.07, 6.45) is 3.21. The van der Waals surface area contributed by atoms with Gasteiger partial charge < -0.3 is 9.64 Å². The fourth-order valence-electron chi connectivity index (χ4n) is 4.28. The number of hydrogen-bond donors (Lipinski definition) is 0. The molecule has 0 saturated heterocycles. The van der Waals surface area contributed by atoms with Gasteiger partial charge in [0.15, 0.2) is 5.65 Å². The van der Waals surface area contributed by atoms with Crippen LogP contribution in [0.3, 0.4) is 0 Å². The van der Waals surface area contributed by atoms with E-state index in [1.54, 1.807) is 15.7 Å². The van der Waals surface area contributed by atoms with Gasteiger partial charge in [-0.1, -0.05) is 35.9 Å². The van der Waals surface area contributed by atoms with Gasteiger partial charge in [-0.05, 0) is 73.4 Å². The second-order valence-corrected chi connectivity index (χ2v) is 9.80. The smallest absolute Gasteiger partial charge is 0.410 e. The highest BCUT2D eigenvalue weighted by atomic mass is 35.5. The number of fused-ring (bicyclic) bond motifs is 2. The highest BCUT2D eigenvalue weighted by molar-refractivity contribution is 6.30. The number of hydrogen-bond acceptors (Lipinski definition) is 4. The minimum atomic E-state index is -0.553. The molecule has 1 amide bonds. The Morgan fingerprint density at radius 2 is 1.82 bits per heavy atom. The van der Waals surface area contributed by atoms with Crippen LogP contribution in [-0.4, -0.2) is 37.7 Å². The zero-order chi connectivity index (χ0) is 23.2. The average Bonchev–Trinajstić information content (AvgIpc) is 3.25. The number of pyridine rings is 1. The van der Waals surface area contributed by atoms with Gasteiger partial charge in [0, 0.05) is 35.8 Å². The normalized spacial score (nSPS) is 16.0. The van der Waals surface area contributed by atoms with Crippen molar-refractivity contribution in [3.05, 3.63) is 88.8 Å². The average molecular weight is 461 g/mol. The summed E-state index contributed by atoms with van der Waals surface area (Å²) in [6.45, 7) is 6.70. The van der Waals surface area contributed by atoms with Crippen LogP contribution >= 0.6 is 11.6 Å². The second kappa shape index (κ2) is 8.19. The number of rotatable bonds is 2. The van der Waals surface area contributed by atoms with Crippen LogP contribution in [0.2, 0.25) is 5.02 Å². The van der Waals surface area contributed by atoms with Crippen LogP contribution in [0.25, 0.3) is 16.8 Å². The van der Waals surface area contributed by atoms with Gasteiger partial charge in [0.1, 0.15) is 11.9 Å². The van der Waals surface area contributed by atoms with Crippen LogP contribution in [0.1, 0.15) is 43.4 Å². The van der Waals surface area contributed by atoms with E-state index < -0.39 is 5.60 Å². The molecule has 0 saturated carbocycles. The topological polar surface area (TPSA) is 59.7 Å². The third-order valence-electron chi connectivity index (χ3n) is 5.81. The molecule has 0 radical (unpaired) electrons. The lowest BCUT2D eigenvalue weighted by Crippen LogP contribution is -2.41. The Kier molecular flexibility index (Phi) is 5.33. The van der Waals surface area contributed by atoms with E-state index in [1.165, 1.54) is 5.56 Å². The van der Waals surface area contributed by atoms with Crippen molar-refractivity contribution in [2.75, 3.05) is 6.54 Å². The SMILES string of the molecule is CC(C)(C)OC(=O)N1Cc2cc(-c3ccc4ncnn4c3)ccc2C(c2ccc(Cl)cc2)C1. The number of amides is 1. The lowest BCUT2D eigenvalue weighted by Gasteiger charge is -2.36. The Bertz CT molecular complexity index is 1320. The third kappa shape index (κ3) is 4.44. The Morgan fingerprint density at radius 3 is 2.58 bits per heavy atom. The summed E-state index contributed by atoms with van der Waals surface area (Å²) in [5.74, 6) is 0.0328. The highest BCUT2D eigenvalue weighted by Gasteiger charge is 2.32. The molecule has 7 heteroatoms. The van der Waals surface area contributed by atoms with Crippen LogP contribution < -0.4 is 0 Å². The number of carbonyl (C=O) groups is 1. The summed E-state index contributed by atoms with van der Waals surface area (Å²) < 4.78 is 7.46. The molecule has 2 aromatic heterocycles. The number of benzene rings is 2. The fraction of sp³-hybridized carbons (Fsp3) is 0.269. The molecule has 1 aliphatic heterocycles. The van der Waals surface area contributed by atoms with Crippen molar-refractivity contribution in [3.8, 4) is 11.1 Å². The molecule has 0 fully saturated rings. The molecular formula is C26H25ClN4O2. The molecule has 0 spiro atoms. The van der Waals surface area contributed by atoms with E-state index in [1.807, 2.05) is 63.4 Å². The van der Waals surface area contributed by atoms with E-state index in [2.05, 4.69) is 28.3 Å². The molecule has 0 N–H and O–H groups in total. The van der Waals surface area contributed by atoms with Crippen LogP contribution in [0.4, 0.5) is 4.79 Å². The number of aromatic nitrogens is 3. The van der Waals surface area contributed by atoms with Gasteiger partial charge in [-0.25, -0.2) is 14.3 Å². The molecular weight excluding hydrogens is 436 g/mol. The van der Waals surface area contributed by atoms with E-state index in [-0.39, 0.29) is 12.0 Å². The fourth-order valence-corrected chi connectivity index (χ4v) is 4.41. The summed E-state index contributed by atoms with van der Waals surface area (Å²) >= 11 is 6.13. The van der Waals surface area contributed by atoms with Crippen molar-refractivity contribution in [2.24, 2.45) is 0 Å². The summed E-state index contributed by atoms with van der Waals surface area (Å²) in [7, 11) is 0. The quantitative estimate of drug-likeness (QED) is 0.372. The molecule has 1 atom stereocenters. The van der Waals surface area contributed by atoms with Crippen molar-refractivity contribution in [1.82, 2.24) is 19.5 Å². The molecule has 168 valence electrons. The predicted octanol–water partition coefficient (Wildman–Crippen LogP) is 5.93. The molecule has 5 rings (SSSR count). The van der Waals surface area contributed by atoms with Gasteiger partial charge in [0.05, 0.1) is 0 Å². The standard InChI is InChI=1S/C26H25ClN4O2/c1-26(2,3)33-25(32)30-13-20-12-18(19-7-11-24-28-16-29-31(24)14-19)6-10-22(20)23(15-30)17-4-8-21(27)9-5-17/h4-12,14,16,23H,13,15H2,1-3H3. The van der Waals surface area contributed by atoms with E-state index in [9.17, 15) is 4.79 Å². The predicted molar refractivity (Wildman–Crippen MR) is 128 cm³/mol. The van der Waals surface area contributed by atoms with E-state index in [4.69, 9.17) is 16.3 Å². The number of carbonyl (C=O) groups excluding carboxylic acids is 1. The van der Waals surface area contributed by atoms with E-state index >= 15 is 0 Å². The largest absolute Gasteiger partial charge is 0.444 e. The van der Waals surface area contributed by atoms with Crippen LogP contribution in [0.15, 0.2) is 67.1 Å². The van der Waals surface area contributed by atoms with Gasteiger partial charge in [0.25, 0.3) is 0 Å². The zero-order valence-corrected chi connectivity index (χ0v) is 19.6. The first-order chi connectivity index (χ1) is 15.8. The van der Waals surface area contributed by atoms with Gasteiger partial charge in [-0.2, -0.15) is 5.10 Å². The van der Waals surface area contributed by atoms with Crippen molar-refractivity contribution in [3.63, 3.8) is 0 Å². The molecule has 33 heavy (non-hydrogen) atoms. The van der Waals surface area contributed by atoms with Gasteiger partial charge in [-0.15, -0.1) is 0 Å². The maximum atomic E-state index is 13.0.